The van der Waals surface area contributed by atoms with Gasteiger partial charge in [-0.05, 0) is 50.5 Å². The molecule has 0 aromatic heterocycles. The SMILES string of the molecule is CCOC(=O)C1CCN(c2cc3c(cc2S(=O)(=O)N(C)C)C(=O)Nc2cc(C)ccc2O3)CC1. The van der Waals surface area contributed by atoms with Crippen molar-refractivity contribution in [3.05, 3.63) is 41.5 Å². The number of sulfonamides is 1. The second kappa shape index (κ2) is 9.27. The van der Waals surface area contributed by atoms with Crippen molar-refractivity contribution < 1.29 is 27.5 Å². The number of carbonyl (C=O) groups excluding carboxylic acids is 2. The first kappa shape index (κ1) is 24.0. The number of piperidine rings is 1. The lowest BCUT2D eigenvalue weighted by molar-refractivity contribution is -0.148. The third-order valence-electron chi connectivity index (χ3n) is 6.12. The van der Waals surface area contributed by atoms with Crippen molar-refractivity contribution in [3.8, 4) is 11.5 Å². The molecule has 182 valence electrons. The summed E-state index contributed by atoms with van der Waals surface area (Å²) in [7, 11) is -0.971. The molecule has 0 aliphatic carbocycles. The number of ether oxygens (including phenoxy) is 2. The Kier molecular flexibility index (Phi) is 6.55. The van der Waals surface area contributed by atoms with E-state index in [1.807, 2.05) is 17.9 Å². The van der Waals surface area contributed by atoms with Crippen LogP contribution in [0.1, 0.15) is 35.7 Å². The minimum absolute atomic E-state index is 0.0201. The van der Waals surface area contributed by atoms with Crippen molar-refractivity contribution in [2.45, 2.75) is 31.6 Å². The molecule has 0 spiro atoms. The van der Waals surface area contributed by atoms with E-state index >= 15 is 0 Å². The molecular weight excluding hydrogens is 458 g/mol. The maximum atomic E-state index is 13.2. The molecule has 1 saturated heterocycles. The quantitative estimate of drug-likeness (QED) is 0.645. The second-order valence-electron chi connectivity index (χ2n) is 8.67. The van der Waals surface area contributed by atoms with Crippen LogP contribution in [-0.4, -0.2) is 58.4 Å². The first-order chi connectivity index (χ1) is 16.1. The molecule has 10 heteroatoms. The van der Waals surface area contributed by atoms with E-state index in [4.69, 9.17) is 9.47 Å². The molecule has 0 saturated carbocycles. The smallest absolute Gasteiger partial charge is 0.309 e. The highest BCUT2D eigenvalue weighted by molar-refractivity contribution is 7.89. The molecule has 2 heterocycles. The number of nitrogens with one attached hydrogen (secondary N) is 1. The normalized spacial score (nSPS) is 16.3. The van der Waals surface area contributed by atoms with E-state index in [2.05, 4.69) is 5.32 Å². The number of anilines is 2. The molecule has 34 heavy (non-hydrogen) atoms. The maximum absolute atomic E-state index is 13.2. The number of fused-ring (bicyclic) bond motifs is 2. The Labute approximate surface area is 199 Å². The van der Waals surface area contributed by atoms with Gasteiger partial charge in [0.15, 0.2) is 5.75 Å². The first-order valence-corrected chi connectivity index (χ1v) is 12.7. The molecule has 4 rings (SSSR count). The molecule has 2 aliphatic heterocycles. The molecule has 1 fully saturated rings. The van der Waals surface area contributed by atoms with Gasteiger partial charge < -0.3 is 19.7 Å². The fourth-order valence-electron chi connectivity index (χ4n) is 4.22. The van der Waals surface area contributed by atoms with Gasteiger partial charge in [0, 0.05) is 33.3 Å². The van der Waals surface area contributed by atoms with Crippen LogP contribution in [0, 0.1) is 12.8 Å². The molecule has 2 aromatic rings. The Morgan fingerprint density at radius 2 is 1.88 bits per heavy atom. The number of hydrogen-bond donors (Lipinski definition) is 1. The van der Waals surface area contributed by atoms with E-state index in [1.165, 1.54) is 20.2 Å². The van der Waals surface area contributed by atoms with Crippen LogP contribution in [0.25, 0.3) is 0 Å². The molecule has 0 bridgehead atoms. The van der Waals surface area contributed by atoms with Gasteiger partial charge >= 0.3 is 5.97 Å². The zero-order valence-corrected chi connectivity index (χ0v) is 20.6. The Balaban J connectivity index is 1.77. The molecule has 1 amide bonds. The lowest BCUT2D eigenvalue weighted by Crippen LogP contribution is -2.38. The standard InChI is InChI=1S/C24H29N3O6S/c1-5-32-24(29)16-8-10-27(11-9-16)19-14-21-17(13-22(19)34(30,31)26(3)4)23(28)25-18-12-15(2)6-7-20(18)33-21/h6-7,12-14,16H,5,8-11H2,1-4H3,(H,25,28). The average Bonchev–Trinajstić information content (AvgIpc) is 2.93. The van der Waals surface area contributed by atoms with E-state index in [0.29, 0.717) is 49.7 Å². The lowest BCUT2D eigenvalue weighted by atomic mass is 9.96. The van der Waals surface area contributed by atoms with Gasteiger partial charge in [0.1, 0.15) is 10.6 Å². The topological polar surface area (TPSA) is 105 Å². The summed E-state index contributed by atoms with van der Waals surface area (Å²) in [5.74, 6) is -0.129. The summed E-state index contributed by atoms with van der Waals surface area (Å²) < 4.78 is 38.9. The van der Waals surface area contributed by atoms with Crippen molar-refractivity contribution >= 4 is 33.3 Å². The van der Waals surface area contributed by atoms with Gasteiger partial charge in [-0.3, -0.25) is 9.59 Å². The molecule has 2 aliphatic rings. The van der Waals surface area contributed by atoms with E-state index < -0.39 is 15.9 Å². The first-order valence-electron chi connectivity index (χ1n) is 11.2. The third kappa shape index (κ3) is 4.47. The summed E-state index contributed by atoms with van der Waals surface area (Å²) in [5, 5.41) is 2.82. The van der Waals surface area contributed by atoms with Crippen molar-refractivity contribution in [2.24, 2.45) is 5.92 Å². The predicted molar refractivity (Wildman–Crippen MR) is 128 cm³/mol. The maximum Gasteiger partial charge on any atom is 0.309 e. The van der Waals surface area contributed by atoms with Gasteiger partial charge in [0.2, 0.25) is 10.0 Å². The zero-order valence-electron chi connectivity index (χ0n) is 19.8. The van der Waals surface area contributed by atoms with Gasteiger partial charge in [-0.1, -0.05) is 6.07 Å². The van der Waals surface area contributed by atoms with E-state index in [-0.39, 0.29) is 28.1 Å². The van der Waals surface area contributed by atoms with Gasteiger partial charge in [0.05, 0.1) is 29.5 Å². The van der Waals surface area contributed by atoms with Crippen LogP contribution in [0.15, 0.2) is 35.2 Å². The van der Waals surface area contributed by atoms with Crippen molar-refractivity contribution in [3.63, 3.8) is 0 Å². The Bertz CT molecular complexity index is 1230. The van der Waals surface area contributed by atoms with Crippen molar-refractivity contribution in [1.29, 1.82) is 0 Å². The van der Waals surface area contributed by atoms with Gasteiger partial charge in [-0.15, -0.1) is 0 Å². The highest BCUT2D eigenvalue weighted by atomic mass is 32.2. The van der Waals surface area contributed by atoms with E-state index in [9.17, 15) is 18.0 Å². The lowest BCUT2D eigenvalue weighted by Gasteiger charge is -2.34. The number of rotatable bonds is 5. The van der Waals surface area contributed by atoms with Gasteiger partial charge in [-0.2, -0.15) is 0 Å². The van der Waals surface area contributed by atoms with E-state index in [0.717, 1.165) is 9.87 Å². The van der Waals surface area contributed by atoms with Crippen LogP contribution < -0.4 is 15.0 Å². The zero-order chi connectivity index (χ0) is 24.6. The number of aryl methyl sites for hydroxylation is 1. The molecule has 0 unspecified atom stereocenters. The summed E-state index contributed by atoms with van der Waals surface area (Å²) in [6, 6.07) is 8.45. The summed E-state index contributed by atoms with van der Waals surface area (Å²) in [6.07, 6.45) is 1.08. The molecule has 0 atom stereocenters. The predicted octanol–water partition coefficient (Wildman–Crippen LogP) is 3.38. The average molecular weight is 488 g/mol. The fraction of sp³-hybridized carbons (Fsp3) is 0.417. The van der Waals surface area contributed by atoms with Crippen LogP contribution in [0.2, 0.25) is 0 Å². The van der Waals surface area contributed by atoms with Crippen LogP contribution >= 0.6 is 0 Å². The second-order valence-corrected chi connectivity index (χ2v) is 10.8. The number of amides is 1. The van der Waals surface area contributed by atoms with Crippen LogP contribution in [-0.2, 0) is 19.6 Å². The van der Waals surface area contributed by atoms with Crippen molar-refractivity contribution in [2.75, 3.05) is 44.0 Å². The monoisotopic (exact) mass is 487 g/mol. The molecule has 2 aromatic carbocycles. The highest BCUT2D eigenvalue weighted by Crippen LogP contribution is 2.42. The van der Waals surface area contributed by atoms with Crippen LogP contribution in [0.5, 0.6) is 11.5 Å². The summed E-state index contributed by atoms with van der Waals surface area (Å²) in [4.78, 5) is 27.1. The van der Waals surface area contributed by atoms with E-state index in [1.54, 1.807) is 25.1 Å². The minimum Gasteiger partial charge on any atom is -0.466 e. The summed E-state index contributed by atoms with van der Waals surface area (Å²) in [5.41, 5.74) is 2.06. The summed E-state index contributed by atoms with van der Waals surface area (Å²) >= 11 is 0. The van der Waals surface area contributed by atoms with Crippen LogP contribution in [0.4, 0.5) is 11.4 Å². The largest absolute Gasteiger partial charge is 0.466 e. The fourth-order valence-corrected chi connectivity index (χ4v) is 5.33. The van der Waals surface area contributed by atoms with Gasteiger partial charge in [0.25, 0.3) is 5.91 Å². The van der Waals surface area contributed by atoms with Gasteiger partial charge in [-0.25, -0.2) is 12.7 Å². The number of hydrogen-bond acceptors (Lipinski definition) is 7. The molecule has 0 radical (unpaired) electrons. The minimum atomic E-state index is -3.87. The molecular formula is C24H29N3O6S. The van der Waals surface area contributed by atoms with Crippen molar-refractivity contribution in [1.82, 2.24) is 4.31 Å². The summed E-state index contributed by atoms with van der Waals surface area (Å²) in [6.45, 7) is 4.96. The Morgan fingerprint density at radius 1 is 1.18 bits per heavy atom. The number of nitrogens with zero attached hydrogens (tertiary/aromatic N) is 2. The number of carbonyl (C=O) groups is 2. The number of benzene rings is 2. The molecule has 1 N–H and O–H groups in total. The Morgan fingerprint density at radius 3 is 2.53 bits per heavy atom. The Hall–Kier alpha value is -3.11. The molecule has 9 nitrogen and oxygen atoms in total. The van der Waals surface area contributed by atoms with Crippen LogP contribution in [0.3, 0.4) is 0 Å². The number of esters is 1. The highest BCUT2D eigenvalue weighted by Gasteiger charge is 2.33. The third-order valence-corrected chi connectivity index (χ3v) is 7.97.